The molecular formula is C14H23N3OS. The Morgan fingerprint density at radius 3 is 2.53 bits per heavy atom. The summed E-state index contributed by atoms with van der Waals surface area (Å²) < 4.78 is 2.19. The molecule has 0 aliphatic rings. The maximum atomic E-state index is 10.2. The molecule has 5 heteroatoms. The van der Waals surface area contributed by atoms with Gasteiger partial charge in [0.05, 0.1) is 17.0 Å². The molecule has 0 atom stereocenters. The highest BCUT2D eigenvalue weighted by Crippen LogP contribution is 2.24. The van der Waals surface area contributed by atoms with Gasteiger partial charge in [-0.1, -0.05) is 0 Å². The normalized spacial score (nSPS) is 13.4. The summed E-state index contributed by atoms with van der Waals surface area (Å²) in [6.07, 6.45) is 0. The predicted molar refractivity (Wildman–Crippen MR) is 79.8 cm³/mol. The molecule has 2 aromatic rings. The molecule has 0 saturated carbocycles. The van der Waals surface area contributed by atoms with Gasteiger partial charge in [-0.15, -0.1) is 11.3 Å². The molecule has 0 bridgehead atoms. The zero-order chi connectivity index (χ0) is 14.4. The van der Waals surface area contributed by atoms with E-state index in [1.54, 1.807) is 11.3 Å². The molecule has 4 nitrogen and oxygen atoms in total. The first-order valence-electron chi connectivity index (χ1n) is 6.53. The van der Waals surface area contributed by atoms with E-state index in [9.17, 15) is 5.11 Å². The molecule has 106 valence electrons. The average molecular weight is 281 g/mol. The van der Waals surface area contributed by atoms with Crippen LogP contribution >= 0.6 is 11.3 Å². The maximum Gasteiger partial charge on any atom is 0.194 e. The summed E-state index contributed by atoms with van der Waals surface area (Å²) in [4.78, 5) is 5.61. The highest BCUT2D eigenvalue weighted by Gasteiger charge is 2.34. The summed E-state index contributed by atoms with van der Waals surface area (Å²) in [7, 11) is 0. The second-order valence-electron chi connectivity index (χ2n) is 6.18. The van der Waals surface area contributed by atoms with Gasteiger partial charge in [-0.05, 0) is 41.5 Å². The van der Waals surface area contributed by atoms with Crippen molar-refractivity contribution in [1.29, 1.82) is 0 Å². The Labute approximate surface area is 118 Å². The van der Waals surface area contributed by atoms with E-state index >= 15 is 0 Å². The predicted octanol–water partition coefficient (Wildman–Crippen LogP) is 2.65. The molecule has 2 N–H and O–H groups in total. The van der Waals surface area contributed by atoms with Crippen molar-refractivity contribution in [3.63, 3.8) is 0 Å². The lowest BCUT2D eigenvalue weighted by atomic mass is 9.86. The van der Waals surface area contributed by atoms with Gasteiger partial charge in [0.15, 0.2) is 4.96 Å². The van der Waals surface area contributed by atoms with Gasteiger partial charge in [0.25, 0.3) is 0 Å². The van der Waals surface area contributed by atoms with Crippen molar-refractivity contribution in [1.82, 2.24) is 14.7 Å². The smallest absolute Gasteiger partial charge is 0.194 e. The van der Waals surface area contributed by atoms with Crippen molar-refractivity contribution in [3.05, 3.63) is 22.5 Å². The average Bonchev–Trinajstić information content (AvgIpc) is 2.75. The lowest BCUT2D eigenvalue weighted by Crippen LogP contribution is -2.55. The molecule has 0 amide bonds. The number of rotatable bonds is 4. The van der Waals surface area contributed by atoms with Crippen molar-refractivity contribution in [2.24, 2.45) is 0 Å². The first-order chi connectivity index (χ1) is 8.63. The molecule has 19 heavy (non-hydrogen) atoms. The molecule has 2 rings (SSSR count). The van der Waals surface area contributed by atoms with E-state index in [1.165, 1.54) is 11.4 Å². The van der Waals surface area contributed by atoms with Crippen LogP contribution in [0.25, 0.3) is 4.96 Å². The zero-order valence-electron chi connectivity index (χ0n) is 12.5. The van der Waals surface area contributed by atoms with Crippen molar-refractivity contribution in [3.8, 4) is 0 Å². The van der Waals surface area contributed by atoms with Crippen LogP contribution in [0.15, 0.2) is 5.38 Å². The van der Waals surface area contributed by atoms with Gasteiger partial charge < -0.3 is 10.4 Å². The van der Waals surface area contributed by atoms with Crippen LogP contribution < -0.4 is 5.32 Å². The summed E-state index contributed by atoms with van der Waals surface area (Å²) in [6, 6.07) is 0. The molecule has 0 aromatic carbocycles. The number of nitrogens with one attached hydrogen (secondary N) is 1. The third kappa shape index (κ3) is 2.55. The van der Waals surface area contributed by atoms with Crippen LogP contribution in [0.3, 0.4) is 0 Å². The highest BCUT2D eigenvalue weighted by molar-refractivity contribution is 7.15. The molecule has 0 spiro atoms. The number of aryl methyl sites for hydroxylation is 2. The molecule has 0 unspecified atom stereocenters. The lowest BCUT2D eigenvalue weighted by molar-refractivity contribution is -0.00551. The van der Waals surface area contributed by atoms with Gasteiger partial charge in [-0.3, -0.25) is 4.40 Å². The van der Waals surface area contributed by atoms with E-state index in [0.717, 1.165) is 10.7 Å². The van der Waals surface area contributed by atoms with E-state index in [2.05, 4.69) is 27.0 Å². The summed E-state index contributed by atoms with van der Waals surface area (Å²) in [5, 5.41) is 15.8. The van der Waals surface area contributed by atoms with Crippen LogP contribution in [-0.2, 0) is 6.54 Å². The number of hydrogen-bond donors (Lipinski definition) is 2. The van der Waals surface area contributed by atoms with Gasteiger partial charge in [-0.25, -0.2) is 4.98 Å². The summed E-state index contributed by atoms with van der Waals surface area (Å²) in [6.45, 7) is 12.5. The zero-order valence-corrected chi connectivity index (χ0v) is 13.4. The molecule has 0 radical (unpaired) electrons. The van der Waals surface area contributed by atoms with Gasteiger partial charge >= 0.3 is 0 Å². The number of aliphatic hydroxyl groups is 1. The van der Waals surface area contributed by atoms with E-state index in [0.29, 0.717) is 6.54 Å². The quantitative estimate of drug-likeness (QED) is 0.906. The van der Waals surface area contributed by atoms with Crippen LogP contribution in [0.1, 0.15) is 44.8 Å². The lowest BCUT2D eigenvalue weighted by Gasteiger charge is -2.38. The van der Waals surface area contributed by atoms with Gasteiger partial charge in [0, 0.05) is 23.2 Å². The van der Waals surface area contributed by atoms with E-state index < -0.39 is 5.60 Å². The van der Waals surface area contributed by atoms with E-state index in [1.807, 2.05) is 34.6 Å². The summed E-state index contributed by atoms with van der Waals surface area (Å²) >= 11 is 1.66. The standard InChI is InChI=1S/C14H23N3OS/c1-9-8-19-12-16-10(2)11(17(9)12)7-15-13(3,4)14(5,6)18/h8,15,18H,7H2,1-6H3. The fraction of sp³-hybridized carbons (Fsp3) is 0.643. The second kappa shape index (κ2) is 4.58. The minimum Gasteiger partial charge on any atom is -0.389 e. The Kier molecular flexibility index (Phi) is 3.49. The maximum absolute atomic E-state index is 10.2. The largest absolute Gasteiger partial charge is 0.389 e. The number of fused-ring (bicyclic) bond motifs is 1. The SMILES string of the molecule is Cc1nc2scc(C)n2c1CNC(C)(C)C(C)(C)O. The highest BCUT2D eigenvalue weighted by atomic mass is 32.1. The van der Waals surface area contributed by atoms with Crippen LogP contribution in [0.5, 0.6) is 0 Å². The van der Waals surface area contributed by atoms with Crippen LogP contribution in [0.4, 0.5) is 0 Å². The molecule has 0 aliphatic carbocycles. The monoisotopic (exact) mass is 281 g/mol. The summed E-state index contributed by atoms with van der Waals surface area (Å²) in [5.74, 6) is 0. The second-order valence-corrected chi connectivity index (χ2v) is 7.01. The number of thiazole rings is 1. The van der Waals surface area contributed by atoms with Gasteiger partial charge in [0.2, 0.25) is 0 Å². The topological polar surface area (TPSA) is 49.6 Å². The Bertz CT molecular complexity index is 590. The first-order valence-corrected chi connectivity index (χ1v) is 7.41. The molecule has 2 heterocycles. The fourth-order valence-corrected chi connectivity index (χ4v) is 2.83. The Balaban J connectivity index is 2.27. The number of nitrogens with zero attached hydrogens (tertiary/aromatic N) is 2. The Morgan fingerprint density at radius 1 is 1.32 bits per heavy atom. The van der Waals surface area contributed by atoms with Crippen LogP contribution in [0.2, 0.25) is 0 Å². The van der Waals surface area contributed by atoms with Crippen molar-refractivity contribution >= 4 is 16.3 Å². The van der Waals surface area contributed by atoms with E-state index in [-0.39, 0.29) is 5.54 Å². The minimum atomic E-state index is -0.783. The molecule has 2 aromatic heterocycles. The number of aromatic nitrogens is 2. The third-order valence-electron chi connectivity index (χ3n) is 4.06. The van der Waals surface area contributed by atoms with Crippen LogP contribution in [-0.4, -0.2) is 25.6 Å². The van der Waals surface area contributed by atoms with Crippen molar-refractivity contribution < 1.29 is 5.11 Å². The molecular weight excluding hydrogens is 258 g/mol. The van der Waals surface area contributed by atoms with Crippen molar-refractivity contribution in [2.45, 2.75) is 59.2 Å². The first kappa shape index (κ1) is 14.5. The van der Waals surface area contributed by atoms with Crippen LogP contribution in [0, 0.1) is 13.8 Å². The van der Waals surface area contributed by atoms with Gasteiger partial charge in [0.1, 0.15) is 0 Å². The molecule has 0 saturated heterocycles. The minimum absolute atomic E-state index is 0.368. The van der Waals surface area contributed by atoms with Gasteiger partial charge in [-0.2, -0.15) is 0 Å². The Hall–Kier alpha value is -0.910. The van der Waals surface area contributed by atoms with Crippen molar-refractivity contribution in [2.75, 3.05) is 0 Å². The molecule has 0 fully saturated rings. The number of hydrogen-bond acceptors (Lipinski definition) is 4. The summed E-state index contributed by atoms with van der Waals surface area (Å²) in [5.41, 5.74) is 2.28. The Morgan fingerprint density at radius 2 is 1.95 bits per heavy atom. The number of imidazole rings is 1. The third-order valence-corrected chi connectivity index (χ3v) is 5.00. The fourth-order valence-electron chi connectivity index (χ4n) is 1.90. The van der Waals surface area contributed by atoms with E-state index in [4.69, 9.17) is 0 Å². The molecule has 0 aliphatic heterocycles.